The summed E-state index contributed by atoms with van der Waals surface area (Å²) in [6, 6.07) is 18.3. The molecule has 41 heavy (non-hydrogen) atoms. The Hall–Kier alpha value is -4.52. The fraction of sp³-hybridized carbons (Fsp3) is 0.294. The van der Waals surface area contributed by atoms with Crippen LogP contribution in [-0.4, -0.2) is 42.5 Å². The van der Waals surface area contributed by atoms with Crippen LogP contribution < -0.4 is 10.2 Å². The lowest BCUT2D eigenvalue weighted by Crippen LogP contribution is -2.33. The van der Waals surface area contributed by atoms with E-state index < -0.39 is 5.97 Å². The number of rotatable bonds is 9. The summed E-state index contributed by atoms with van der Waals surface area (Å²) in [4.78, 5) is 35.5. The van der Waals surface area contributed by atoms with Gasteiger partial charge in [-0.1, -0.05) is 64.0 Å². The summed E-state index contributed by atoms with van der Waals surface area (Å²) in [7, 11) is 2.06. The van der Waals surface area contributed by atoms with Crippen molar-refractivity contribution in [3.63, 3.8) is 0 Å². The molecule has 214 valence electrons. The van der Waals surface area contributed by atoms with Crippen LogP contribution in [0.5, 0.6) is 0 Å². The van der Waals surface area contributed by atoms with Crippen molar-refractivity contribution in [1.82, 2.24) is 0 Å². The van der Waals surface area contributed by atoms with Gasteiger partial charge < -0.3 is 15.3 Å². The van der Waals surface area contributed by atoms with Crippen LogP contribution in [-0.2, 0) is 0 Å². The number of benzene rings is 3. The van der Waals surface area contributed by atoms with E-state index >= 15 is 0 Å². The molecule has 1 aliphatic carbocycles. The zero-order valence-electron chi connectivity index (χ0n) is 24.4. The second-order valence-corrected chi connectivity index (χ2v) is 9.73. The molecule has 0 spiro atoms. The maximum Gasteiger partial charge on any atom is 0.335 e. The average Bonchev–Trinajstić information content (AvgIpc) is 3.01. The zero-order chi connectivity index (χ0) is 29.8. The Morgan fingerprint density at radius 1 is 0.976 bits per heavy atom. The largest absolute Gasteiger partial charge is 0.478 e. The van der Waals surface area contributed by atoms with Crippen molar-refractivity contribution < 1.29 is 14.7 Å². The zero-order valence-corrected chi connectivity index (χ0v) is 24.4. The standard InChI is InChI=1S/C32H34N4O3.C2H6/c1-4-33-21-26-9-8-12-28(22(26)2)35-31(37)24-15-13-23(14-16-24)20-34-29-19-25(32(38)39)17-18-30(29)36(3)27-10-6-5-7-11-27;1-2/h4,8-9,12-21,27H,1,5-7,10-11H2,2-3H3,(H,35,37)(H,38,39);1-2H3. The predicted octanol–water partition coefficient (Wildman–Crippen LogP) is 8.05. The van der Waals surface area contributed by atoms with Gasteiger partial charge in [0.1, 0.15) is 0 Å². The molecule has 1 saturated carbocycles. The van der Waals surface area contributed by atoms with E-state index in [1.165, 1.54) is 25.5 Å². The highest BCUT2D eigenvalue weighted by Crippen LogP contribution is 2.34. The molecule has 0 aliphatic heterocycles. The molecule has 1 aliphatic rings. The van der Waals surface area contributed by atoms with Gasteiger partial charge in [0.05, 0.1) is 16.9 Å². The van der Waals surface area contributed by atoms with E-state index in [1.807, 2.05) is 57.2 Å². The fourth-order valence-electron chi connectivity index (χ4n) is 4.84. The molecule has 0 saturated heterocycles. The number of carbonyl (C=O) groups excluding carboxylic acids is 1. The number of aliphatic imine (C=N–C) groups is 2. The van der Waals surface area contributed by atoms with Crippen LogP contribution in [0.25, 0.3) is 0 Å². The van der Waals surface area contributed by atoms with Crippen LogP contribution in [0.2, 0.25) is 0 Å². The van der Waals surface area contributed by atoms with Crippen molar-refractivity contribution in [2.45, 2.75) is 58.9 Å². The Kier molecular flexibility index (Phi) is 11.6. The lowest BCUT2D eigenvalue weighted by Gasteiger charge is -2.33. The van der Waals surface area contributed by atoms with Crippen molar-refractivity contribution >= 4 is 41.4 Å². The van der Waals surface area contributed by atoms with E-state index in [9.17, 15) is 14.7 Å². The molecule has 2 N–H and O–H groups in total. The topological polar surface area (TPSA) is 94.4 Å². The molecule has 0 atom stereocenters. The van der Waals surface area contributed by atoms with Crippen molar-refractivity contribution in [2.75, 3.05) is 17.3 Å². The summed E-state index contributed by atoms with van der Waals surface area (Å²) >= 11 is 0. The number of aromatic carboxylic acids is 1. The second kappa shape index (κ2) is 15.3. The number of carboxylic acids is 1. The first-order chi connectivity index (χ1) is 19.9. The smallest absolute Gasteiger partial charge is 0.335 e. The number of anilines is 2. The minimum absolute atomic E-state index is 0.199. The summed E-state index contributed by atoms with van der Waals surface area (Å²) in [5.41, 5.74) is 5.57. The maximum absolute atomic E-state index is 12.9. The van der Waals surface area contributed by atoms with Gasteiger partial charge in [-0.05, 0) is 72.9 Å². The lowest BCUT2D eigenvalue weighted by molar-refractivity contribution is 0.0696. The molecule has 0 bridgehead atoms. The van der Waals surface area contributed by atoms with Crippen LogP contribution in [0.1, 0.15) is 83.4 Å². The number of hydrogen-bond donors (Lipinski definition) is 2. The second-order valence-electron chi connectivity index (χ2n) is 9.73. The van der Waals surface area contributed by atoms with Crippen LogP contribution in [0, 0.1) is 6.92 Å². The molecule has 0 unspecified atom stereocenters. The first kappa shape index (κ1) is 31.0. The van der Waals surface area contributed by atoms with Crippen molar-refractivity contribution in [1.29, 1.82) is 0 Å². The quantitative estimate of drug-likeness (QED) is 0.263. The van der Waals surface area contributed by atoms with E-state index in [2.05, 4.69) is 33.8 Å². The first-order valence-corrected chi connectivity index (χ1v) is 14.2. The molecule has 4 rings (SSSR count). The van der Waals surface area contributed by atoms with Gasteiger partial charge in [0.2, 0.25) is 0 Å². The van der Waals surface area contributed by atoms with Crippen molar-refractivity contribution in [3.05, 3.63) is 101 Å². The third-order valence-electron chi connectivity index (χ3n) is 7.19. The molecule has 0 aromatic heterocycles. The van der Waals surface area contributed by atoms with Gasteiger partial charge in [0, 0.05) is 43.0 Å². The number of hydrogen-bond acceptors (Lipinski definition) is 5. The Morgan fingerprint density at radius 2 is 1.66 bits per heavy atom. The van der Waals surface area contributed by atoms with E-state index in [-0.39, 0.29) is 11.5 Å². The van der Waals surface area contributed by atoms with Crippen LogP contribution in [0.15, 0.2) is 83.4 Å². The summed E-state index contributed by atoms with van der Waals surface area (Å²) in [6.07, 6.45) is 10.8. The Morgan fingerprint density at radius 3 is 2.32 bits per heavy atom. The average molecular weight is 553 g/mol. The minimum Gasteiger partial charge on any atom is -0.478 e. The van der Waals surface area contributed by atoms with Gasteiger partial charge in [0.15, 0.2) is 0 Å². The molecule has 0 heterocycles. The van der Waals surface area contributed by atoms with Gasteiger partial charge in [-0.3, -0.25) is 14.8 Å². The molecule has 3 aromatic rings. The van der Waals surface area contributed by atoms with Gasteiger partial charge in [-0.2, -0.15) is 0 Å². The Labute approximate surface area is 243 Å². The first-order valence-electron chi connectivity index (χ1n) is 14.2. The van der Waals surface area contributed by atoms with Crippen molar-refractivity contribution in [3.8, 4) is 0 Å². The highest BCUT2D eigenvalue weighted by atomic mass is 16.4. The number of nitrogens with zero attached hydrogens (tertiary/aromatic N) is 3. The molecule has 1 fully saturated rings. The molecule has 7 nitrogen and oxygen atoms in total. The number of nitrogens with one attached hydrogen (secondary N) is 1. The molecule has 7 heteroatoms. The van der Waals surface area contributed by atoms with Gasteiger partial charge in [-0.25, -0.2) is 4.79 Å². The van der Waals surface area contributed by atoms with E-state index in [0.717, 1.165) is 35.2 Å². The Bertz CT molecular complexity index is 1400. The molecular formula is C34H40N4O3. The van der Waals surface area contributed by atoms with E-state index in [4.69, 9.17) is 0 Å². The maximum atomic E-state index is 12.9. The van der Waals surface area contributed by atoms with Crippen LogP contribution in [0.3, 0.4) is 0 Å². The third-order valence-corrected chi connectivity index (χ3v) is 7.19. The van der Waals surface area contributed by atoms with Crippen LogP contribution in [0.4, 0.5) is 17.1 Å². The monoisotopic (exact) mass is 552 g/mol. The summed E-state index contributed by atoms with van der Waals surface area (Å²) in [5.74, 6) is -1.20. The number of carbonyl (C=O) groups is 2. The van der Waals surface area contributed by atoms with Gasteiger partial charge in [-0.15, -0.1) is 0 Å². The van der Waals surface area contributed by atoms with Gasteiger partial charge in [0.25, 0.3) is 5.91 Å². The third kappa shape index (κ3) is 8.24. The lowest BCUT2D eigenvalue weighted by atomic mass is 9.94. The fourth-order valence-corrected chi connectivity index (χ4v) is 4.84. The highest BCUT2D eigenvalue weighted by molar-refractivity contribution is 6.05. The molecule has 3 aromatic carbocycles. The van der Waals surface area contributed by atoms with Gasteiger partial charge >= 0.3 is 5.97 Å². The van der Waals surface area contributed by atoms with Crippen LogP contribution >= 0.6 is 0 Å². The molecule has 1 amide bonds. The van der Waals surface area contributed by atoms with Crippen molar-refractivity contribution in [2.24, 2.45) is 9.98 Å². The van der Waals surface area contributed by atoms with E-state index in [1.54, 1.807) is 36.7 Å². The number of carboxylic acid groups (broad SMARTS) is 1. The molecule has 0 radical (unpaired) electrons. The predicted molar refractivity (Wildman–Crippen MR) is 171 cm³/mol. The summed E-state index contributed by atoms with van der Waals surface area (Å²) in [6.45, 7) is 9.52. The molecular weight excluding hydrogens is 512 g/mol. The summed E-state index contributed by atoms with van der Waals surface area (Å²) in [5, 5.41) is 12.5. The number of amides is 1. The van der Waals surface area contributed by atoms with E-state index in [0.29, 0.717) is 23.0 Å². The minimum atomic E-state index is -0.984. The highest BCUT2D eigenvalue weighted by Gasteiger charge is 2.21. The SMILES string of the molecule is C=CN=Cc1cccc(NC(=O)c2ccc(C=Nc3cc(C(=O)O)ccc3N(C)C3CCCCC3)cc2)c1C.CC. The summed E-state index contributed by atoms with van der Waals surface area (Å²) < 4.78 is 0. The normalized spacial score (nSPS) is 13.5. The Balaban J connectivity index is 0.00000226.